The zero-order valence-electron chi connectivity index (χ0n) is 11.1. The first kappa shape index (κ1) is 12.4. The predicted octanol–water partition coefficient (Wildman–Crippen LogP) is 3.39. The van der Waals surface area contributed by atoms with Gasteiger partial charge in [0.1, 0.15) is 5.75 Å². The van der Waals surface area contributed by atoms with Crippen LogP contribution in [0.2, 0.25) is 0 Å². The number of methoxy groups -OCH3 is 1. The Kier molecular flexibility index (Phi) is 4.06. The Bertz CT molecular complexity index is 364. The molecule has 1 fully saturated rings. The molecule has 0 radical (unpaired) electrons. The van der Waals surface area contributed by atoms with Crippen LogP contribution in [0.5, 0.6) is 5.75 Å². The summed E-state index contributed by atoms with van der Waals surface area (Å²) in [6.07, 6.45) is 2.51. The number of nitrogens with one attached hydrogen (secondary N) is 1. The number of benzene rings is 1. The van der Waals surface area contributed by atoms with E-state index in [-0.39, 0.29) is 0 Å². The van der Waals surface area contributed by atoms with Crippen molar-refractivity contribution in [3.05, 3.63) is 29.8 Å². The van der Waals surface area contributed by atoms with Gasteiger partial charge in [-0.05, 0) is 37.3 Å². The minimum absolute atomic E-state index is 0.459. The fourth-order valence-corrected chi connectivity index (χ4v) is 2.53. The average Bonchev–Trinajstić information content (AvgIpc) is 3.07. The molecule has 2 heteroatoms. The second-order valence-electron chi connectivity index (χ2n) is 5.05. The summed E-state index contributed by atoms with van der Waals surface area (Å²) in [6.45, 7) is 5.62. The van der Waals surface area contributed by atoms with Gasteiger partial charge in [0.05, 0.1) is 7.11 Å². The highest BCUT2D eigenvalue weighted by atomic mass is 16.5. The lowest BCUT2D eigenvalue weighted by atomic mass is 10.00. The van der Waals surface area contributed by atoms with Gasteiger partial charge in [0.15, 0.2) is 0 Å². The summed E-state index contributed by atoms with van der Waals surface area (Å²) in [6, 6.07) is 8.85. The lowest BCUT2D eigenvalue weighted by molar-refractivity contribution is 0.387. The van der Waals surface area contributed by atoms with Crippen molar-refractivity contribution in [3.63, 3.8) is 0 Å². The molecule has 1 aromatic rings. The Morgan fingerprint density at radius 3 is 2.71 bits per heavy atom. The Morgan fingerprint density at radius 2 is 2.12 bits per heavy atom. The van der Waals surface area contributed by atoms with Crippen LogP contribution < -0.4 is 10.1 Å². The van der Waals surface area contributed by atoms with Gasteiger partial charge >= 0.3 is 0 Å². The lowest BCUT2D eigenvalue weighted by Crippen LogP contribution is -2.24. The molecule has 0 spiro atoms. The van der Waals surface area contributed by atoms with E-state index >= 15 is 0 Å². The van der Waals surface area contributed by atoms with Crippen LogP contribution in [0, 0.1) is 11.8 Å². The van der Waals surface area contributed by atoms with Crippen LogP contribution in [-0.4, -0.2) is 13.7 Å². The number of para-hydroxylation sites is 1. The first-order valence-electron chi connectivity index (χ1n) is 6.64. The molecule has 0 aliphatic heterocycles. The second kappa shape index (κ2) is 5.54. The second-order valence-corrected chi connectivity index (χ2v) is 5.05. The standard InChI is InChI=1S/C15H23NO/c1-4-9-16-15(13-10-11(13)2)12-7-5-6-8-14(12)17-3/h5-8,11,13,15-16H,4,9-10H2,1-3H3. The lowest BCUT2D eigenvalue weighted by Gasteiger charge is -2.21. The monoisotopic (exact) mass is 233 g/mol. The molecule has 1 saturated carbocycles. The largest absolute Gasteiger partial charge is 0.496 e. The van der Waals surface area contributed by atoms with Gasteiger partial charge in [-0.2, -0.15) is 0 Å². The molecular formula is C15H23NO. The van der Waals surface area contributed by atoms with Gasteiger partial charge in [-0.25, -0.2) is 0 Å². The Balaban J connectivity index is 2.18. The zero-order valence-corrected chi connectivity index (χ0v) is 11.1. The van der Waals surface area contributed by atoms with Crippen LogP contribution in [-0.2, 0) is 0 Å². The molecule has 0 aromatic heterocycles. The van der Waals surface area contributed by atoms with Gasteiger partial charge in [-0.3, -0.25) is 0 Å². The molecule has 3 unspecified atom stereocenters. The Morgan fingerprint density at radius 1 is 1.41 bits per heavy atom. The van der Waals surface area contributed by atoms with Crippen LogP contribution in [0.1, 0.15) is 38.3 Å². The molecule has 1 aliphatic rings. The maximum absolute atomic E-state index is 5.48. The van der Waals surface area contributed by atoms with Gasteiger partial charge in [-0.1, -0.05) is 32.0 Å². The van der Waals surface area contributed by atoms with Crippen LogP contribution in [0.15, 0.2) is 24.3 Å². The van der Waals surface area contributed by atoms with Crippen molar-refractivity contribution in [3.8, 4) is 5.75 Å². The Hall–Kier alpha value is -1.02. The van der Waals surface area contributed by atoms with Crippen molar-refractivity contribution in [2.75, 3.05) is 13.7 Å². The van der Waals surface area contributed by atoms with Crippen molar-refractivity contribution in [1.29, 1.82) is 0 Å². The molecule has 0 saturated heterocycles. The highest BCUT2D eigenvalue weighted by Crippen LogP contribution is 2.48. The molecular weight excluding hydrogens is 210 g/mol. The molecule has 1 N–H and O–H groups in total. The molecule has 0 bridgehead atoms. The molecule has 0 heterocycles. The first-order chi connectivity index (χ1) is 8.27. The van der Waals surface area contributed by atoms with E-state index in [0.717, 1.165) is 24.1 Å². The van der Waals surface area contributed by atoms with E-state index in [9.17, 15) is 0 Å². The van der Waals surface area contributed by atoms with E-state index in [1.54, 1.807) is 7.11 Å². The summed E-state index contributed by atoms with van der Waals surface area (Å²) in [7, 11) is 1.76. The summed E-state index contributed by atoms with van der Waals surface area (Å²) < 4.78 is 5.48. The SMILES string of the molecule is CCCNC(c1ccccc1OC)C1CC1C. The molecule has 2 nitrogen and oxygen atoms in total. The third kappa shape index (κ3) is 2.81. The van der Waals surface area contributed by atoms with Crippen molar-refractivity contribution in [2.24, 2.45) is 11.8 Å². The fourth-order valence-electron chi connectivity index (χ4n) is 2.53. The molecule has 2 rings (SSSR count). The van der Waals surface area contributed by atoms with Crippen molar-refractivity contribution in [2.45, 2.75) is 32.7 Å². The fraction of sp³-hybridized carbons (Fsp3) is 0.600. The highest BCUT2D eigenvalue weighted by Gasteiger charge is 2.40. The summed E-state index contributed by atoms with van der Waals surface area (Å²) in [5.74, 6) is 2.63. The number of ether oxygens (including phenoxy) is 1. The van der Waals surface area contributed by atoms with E-state index in [4.69, 9.17) is 4.74 Å². The van der Waals surface area contributed by atoms with Gasteiger partial charge in [0, 0.05) is 11.6 Å². The van der Waals surface area contributed by atoms with E-state index in [1.807, 2.05) is 6.07 Å². The van der Waals surface area contributed by atoms with Gasteiger partial charge < -0.3 is 10.1 Å². The maximum atomic E-state index is 5.48. The quantitative estimate of drug-likeness (QED) is 0.813. The van der Waals surface area contributed by atoms with Gasteiger partial charge in [0.2, 0.25) is 0 Å². The smallest absolute Gasteiger partial charge is 0.123 e. The van der Waals surface area contributed by atoms with E-state index in [2.05, 4.69) is 37.4 Å². The molecule has 94 valence electrons. The Labute approximate surface area is 104 Å². The molecule has 1 aromatic carbocycles. The zero-order chi connectivity index (χ0) is 12.3. The summed E-state index contributed by atoms with van der Waals surface area (Å²) >= 11 is 0. The van der Waals surface area contributed by atoms with Crippen molar-refractivity contribution >= 4 is 0 Å². The summed E-state index contributed by atoms with van der Waals surface area (Å²) in [4.78, 5) is 0. The average molecular weight is 233 g/mol. The molecule has 0 amide bonds. The summed E-state index contributed by atoms with van der Waals surface area (Å²) in [5, 5.41) is 3.67. The molecule has 17 heavy (non-hydrogen) atoms. The number of hydrogen-bond donors (Lipinski definition) is 1. The minimum Gasteiger partial charge on any atom is -0.496 e. The van der Waals surface area contributed by atoms with E-state index in [0.29, 0.717) is 6.04 Å². The van der Waals surface area contributed by atoms with Crippen LogP contribution in [0.4, 0.5) is 0 Å². The topological polar surface area (TPSA) is 21.3 Å². The van der Waals surface area contributed by atoms with Crippen molar-refractivity contribution < 1.29 is 4.74 Å². The minimum atomic E-state index is 0.459. The van der Waals surface area contributed by atoms with Crippen molar-refractivity contribution in [1.82, 2.24) is 5.32 Å². The molecule has 3 atom stereocenters. The highest BCUT2D eigenvalue weighted by molar-refractivity contribution is 5.37. The molecule has 1 aliphatic carbocycles. The van der Waals surface area contributed by atoms with E-state index in [1.165, 1.54) is 18.4 Å². The number of rotatable bonds is 6. The van der Waals surface area contributed by atoms with E-state index < -0.39 is 0 Å². The first-order valence-corrected chi connectivity index (χ1v) is 6.64. The third-order valence-corrected chi connectivity index (χ3v) is 3.69. The van der Waals surface area contributed by atoms with Crippen LogP contribution in [0.3, 0.4) is 0 Å². The summed E-state index contributed by atoms with van der Waals surface area (Å²) in [5.41, 5.74) is 1.32. The number of hydrogen-bond acceptors (Lipinski definition) is 2. The van der Waals surface area contributed by atoms with Crippen LogP contribution >= 0.6 is 0 Å². The van der Waals surface area contributed by atoms with Gasteiger partial charge in [-0.15, -0.1) is 0 Å². The normalized spacial score (nSPS) is 24.4. The van der Waals surface area contributed by atoms with Crippen LogP contribution in [0.25, 0.3) is 0 Å². The maximum Gasteiger partial charge on any atom is 0.123 e. The van der Waals surface area contributed by atoms with Gasteiger partial charge in [0.25, 0.3) is 0 Å². The third-order valence-electron chi connectivity index (χ3n) is 3.69. The predicted molar refractivity (Wildman–Crippen MR) is 71.3 cm³/mol.